The van der Waals surface area contributed by atoms with Crippen LogP contribution in [0.2, 0.25) is 0 Å². The van der Waals surface area contributed by atoms with E-state index in [4.69, 9.17) is 5.26 Å². The lowest BCUT2D eigenvalue weighted by atomic mass is 9.98. The fraction of sp³-hybridized carbons (Fsp3) is 0.0714. The molecule has 0 aliphatic rings. The molecular formula is C14H13NO. The predicted molar refractivity (Wildman–Crippen MR) is 65.7 cm³/mol. The third-order valence-electron chi connectivity index (χ3n) is 2.03. The lowest BCUT2D eigenvalue weighted by Crippen LogP contribution is -1.87. The monoisotopic (exact) mass is 211 g/mol. The Labute approximate surface area is 95.5 Å². The Hall–Kier alpha value is -2.27. The molecule has 0 unspecified atom stereocenters. The summed E-state index contributed by atoms with van der Waals surface area (Å²) in [5.41, 5.74) is 2.80. The quantitative estimate of drug-likeness (QED) is 0.614. The highest BCUT2D eigenvalue weighted by Crippen LogP contribution is 2.24. The molecule has 0 saturated carbocycles. The van der Waals surface area contributed by atoms with Crippen LogP contribution in [-0.4, -0.2) is 5.11 Å². The number of nitrogens with zero attached hydrogens (tertiary/aromatic N) is 1. The standard InChI is InChI=1S/C14H13NO/c1-10(2)8-14(11(3)9-15)12-4-6-13(16)7-5-12/h4-8,16H,1,3H2,2H3/b14-8+. The summed E-state index contributed by atoms with van der Waals surface area (Å²) in [5, 5.41) is 18.1. The summed E-state index contributed by atoms with van der Waals surface area (Å²) in [6, 6.07) is 8.65. The zero-order valence-electron chi connectivity index (χ0n) is 9.20. The van der Waals surface area contributed by atoms with E-state index in [0.717, 1.165) is 16.7 Å². The van der Waals surface area contributed by atoms with Crippen LogP contribution in [0.4, 0.5) is 0 Å². The van der Waals surface area contributed by atoms with Gasteiger partial charge in [-0.15, -0.1) is 0 Å². The van der Waals surface area contributed by atoms with E-state index in [1.54, 1.807) is 30.3 Å². The summed E-state index contributed by atoms with van der Waals surface area (Å²) in [7, 11) is 0. The van der Waals surface area contributed by atoms with E-state index in [0.29, 0.717) is 5.57 Å². The van der Waals surface area contributed by atoms with Crippen LogP contribution in [0.25, 0.3) is 5.57 Å². The Morgan fingerprint density at radius 1 is 1.31 bits per heavy atom. The van der Waals surface area contributed by atoms with Gasteiger partial charge in [0.05, 0.1) is 11.6 Å². The first-order valence-corrected chi connectivity index (χ1v) is 4.80. The van der Waals surface area contributed by atoms with Crippen molar-refractivity contribution in [1.82, 2.24) is 0 Å². The van der Waals surface area contributed by atoms with Crippen LogP contribution >= 0.6 is 0 Å². The molecule has 0 aliphatic heterocycles. The van der Waals surface area contributed by atoms with Crippen molar-refractivity contribution in [2.24, 2.45) is 0 Å². The molecule has 0 radical (unpaired) electrons. The number of allylic oxidation sites excluding steroid dienone is 4. The van der Waals surface area contributed by atoms with Gasteiger partial charge in [0, 0.05) is 0 Å². The first-order chi connectivity index (χ1) is 7.54. The fourth-order valence-electron chi connectivity index (χ4n) is 1.29. The molecule has 0 aliphatic carbocycles. The minimum atomic E-state index is 0.195. The Balaban J connectivity index is 3.23. The van der Waals surface area contributed by atoms with Crippen molar-refractivity contribution in [3.05, 3.63) is 60.2 Å². The van der Waals surface area contributed by atoms with Gasteiger partial charge >= 0.3 is 0 Å². The molecule has 0 saturated heterocycles. The third-order valence-corrected chi connectivity index (χ3v) is 2.03. The molecule has 0 spiro atoms. The lowest BCUT2D eigenvalue weighted by molar-refractivity contribution is 0.475. The maximum Gasteiger partial charge on any atom is 0.115 e. The van der Waals surface area contributed by atoms with Crippen molar-refractivity contribution in [3.8, 4) is 11.8 Å². The van der Waals surface area contributed by atoms with Crippen molar-refractivity contribution >= 4 is 5.57 Å². The van der Waals surface area contributed by atoms with E-state index in [-0.39, 0.29) is 5.75 Å². The van der Waals surface area contributed by atoms with Crippen LogP contribution in [0.15, 0.2) is 54.6 Å². The summed E-state index contributed by atoms with van der Waals surface area (Å²) >= 11 is 0. The van der Waals surface area contributed by atoms with Crippen LogP contribution in [0.1, 0.15) is 12.5 Å². The van der Waals surface area contributed by atoms with Gasteiger partial charge in [-0.25, -0.2) is 0 Å². The fourth-order valence-corrected chi connectivity index (χ4v) is 1.29. The molecule has 1 rings (SSSR count). The summed E-state index contributed by atoms with van der Waals surface area (Å²) in [5.74, 6) is 0.195. The zero-order chi connectivity index (χ0) is 12.1. The highest BCUT2D eigenvalue weighted by molar-refractivity contribution is 5.83. The largest absolute Gasteiger partial charge is 0.508 e. The third kappa shape index (κ3) is 2.86. The number of hydrogen-bond donors (Lipinski definition) is 1. The van der Waals surface area contributed by atoms with Gasteiger partial charge in [0.1, 0.15) is 5.75 Å². The second-order valence-corrected chi connectivity index (χ2v) is 3.54. The molecule has 0 atom stereocenters. The van der Waals surface area contributed by atoms with Crippen molar-refractivity contribution in [2.45, 2.75) is 6.92 Å². The van der Waals surface area contributed by atoms with Crippen molar-refractivity contribution < 1.29 is 5.11 Å². The summed E-state index contributed by atoms with van der Waals surface area (Å²) in [6.45, 7) is 9.32. The van der Waals surface area contributed by atoms with Crippen molar-refractivity contribution in [3.63, 3.8) is 0 Å². The lowest BCUT2D eigenvalue weighted by Gasteiger charge is -2.06. The molecule has 80 valence electrons. The second kappa shape index (κ2) is 4.99. The Morgan fingerprint density at radius 2 is 1.88 bits per heavy atom. The smallest absolute Gasteiger partial charge is 0.115 e. The summed E-state index contributed by atoms with van der Waals surface area (Å²) in [6.07, 6.45) is 1.80. The molecule has 0 heterocycles. The Bertz CT molecular complexity index is 486. The van der Waals surface area contributed by atoms with E-state index in [9.17, 15) is 5.11 Å². The van der Waals surface area contributed by atoms with Crippen LogP contribution in [0.3, 0.4) is 0 Å². The molecule has 0 fully saturated rings. The highest BCUT2D eigenvalue weighted by Gasteiger charge is 2.05. The summed E-state index contributed by atoms with van der Waals surface area (Å²) in [4.78, 5) is 0. The normalized spacial score (nSPS) is 10.6. The van der Waals surface area contributed by atoms with Crippen LogP contribution in [0, 0.1) is 11.3 Å². The Kier molecular flexibility index (Phi) is 3.68. The number of benzene rings is 1. The molecule has 1 aromatic carbocycles. The number of rotatable bonds is 3. The molecule has 2 nitrogen and oxygen atoms in total. The molecule has 16 heavy (non-hydrogen) atoms. The first-order valence-electron chi connectivity index (χ1n) is 4.80. The number of phenols is 1. The summed E-state index contributed by atoms with van der Waals surface area (Å²) < 4.78 is 0. The molecule has 0 aromatic heterocycles. The average molecular weight is 211 g/mol. The SMILES string of the molecule is C=C(C)/C=C(\C(=C)C#N)c1ccc(O)cc1. The predicted octanol–water partition coefficient (Wildman–Crippen LogP) is 3.43. The van der Waals surface area contributed by atoms with Gasteiger partial charge in [-0.3, -0.25) is 0 Å². The van der Waals surface area contributed by atoms with Crippen LogP contribution < -0.4 is 0 Å². The molecule has 1 N–H and O–H groups in total. The minimum absolute atomic E-state index is 0.195. The molecular weight excluding hydrogens is 198 g/mol. The van der Waals surface area contributed by atoms with Gasteiger partial charge in [-0.05, 0) is 30.2 Å². The van der Waals surface area contributed by atoms with Crippen molar-refractivity contribution in [1.29, 1.82) is 5.26 Å². The first kappa shape index (κ1) is 11.8. The molecule has 0 amide bonds. The topological polar surface area (TPSA) is 44.0 Å². The second-order valence-electron chi connectivity index (χ2n) is 3.54. The average Bonchev–Trinajstić information content (AvgIpc) is 2.26. The van der Waals surface area contributed by atoms with Crippen LogP contribution in [0.5, 0.6) is 5.75 Å². The van der Waals surface area contributed by atoms with Crippen LogP contribution in [-0.2, 0) is 0 Å². The van der Waals surface area contributed by atoms with E-state index in [1.807, 2.05) is 13.0 Å². The maximum absolute atomic E-state index is 9.19. The number of aromatic hydroxyl groups is 1. The van der Waals surface area contributed by atoms with Gasteiger partial charge in [-0.2, -0.15) is 5.26 Å². The van der Waals surface area contributed by atoms with Gasteiger partial charge in [-0.1, -0.05) is 36.9 Å². The number of phenolic OH excluding ortho intramolecular Hbond substituents is 1. The van der Waals surface area contributed by atoms with Crippen molar-refractivity contribution in [2.75, 3.05) is 0 Å². The number of nitriles is 1. The van der Waals surface area contributed by atoms with Gasteiger partial charge < -0.3 is 5.11 Å². The van der Waals surface area contributed by atoms with Gasteiger partial charge in [0.25, 0.3) is 0 Å². The Morgan fingerprint density at radius 3 is 2.31 bits per heavy atom. The van der Waals surface area contributed by atoms with E-state index < -0.39 is 0 Å². The maximum atomic E-state index is 9.19. The minimum Gasteiger partial charge on any atom is -0.508 e. The number of hydrogen-bond acceptors (Lipinski definition) is 2. The highest BCUT2D eigenvalue weighted by atomic mass is 16.3. The molecule has 1 aromatic rings. The molecule has 2 heteroatoms. The van der Waals surface area contributed by atoms with E-state index >= 15 is 0 Å². The zero-order valence-corrected chi connectivity index (χ0v) is 9.20. The van der Waals surface area contributed by atoms with Gasteiger partial charge in [0.2, 0.25) is 0 Å². The van der Waals surface area contributed by atoms with E-state index in [1.165, 1.54) is 0 Å². The molecule has 0 bridgehead atoms. The van der Waals surface area contributed by atoms with Gasteiger partial charge in [0.15, 0.2) is 0 Å². The van der Waals surface area contributed by atoms with E-state index in [2.05, 4.69) is 13.2 Å².